The molecule has 104 valence electrons. The van der Waals surface area contributed by atoms with Gasteiger partial charge in [-0.05, 0) is 12.1 Å². The number of rotatable bonds is 2. The Morgan fingerprint density at radius 2 is 1.95 bits per heavy atom. The number of anilines is 1. The van der Waals surface area contributed by atoms with Crippen LogP contribution >= 0.6 is 0 Å². The third kappa shape index (κ3) is 3.17. The van der Waals surface area contributed by atoms with E-state index < -0.39 is 11.9 Å². The number of ether oxygens (including phenoxy) is 1. The van der Waals surface area contributed by atoms with Crippen molar-refractivity contribution in [2.24, 2.45) is 5.16 Å². The first-order chi connectivity index (χ1) is 9.02. The second-order valence-corrected chi connectivity index (χ2v) is 4.10. The second kappa shape index (κ2) is 5.48. The van der Waals surface area contributed by atoms with E-state index in [1.54, 1.807) is 6.07 Å². The Bertz CT molecular complexity index is 468. The molecule has 1 fully saturated rings. The number of halogens is 3. The molecule has 1 heterocycles. The standard InChI is InChI=1S/C12H13F3N2O2/c13-12(14,15)11(16-18)9-2-1-3-10(8-9)17-4-6-19-7-5-17/h1-3,8,18H,4-7H2. The van der Waals surface area contributed by atoms with Crippen molar-refractivity contribution in [2.45, 2.75) is 6.18 Å². The molecule has 1 N–H and O–H groups in total. The highest BCUT2D eigenvalue weighted by molar-refractivity contribution is 6.04. The molecule has 0 radical (unpaired) electrons. The van der Waals surface area contributed by atoms with Crippen molar-refractivity contribution in [2.75, 3.05) is 31.2 Å². The Morgan fingerprint density at radius 3 is 2.53 bits per heavy atom. The third-order valence-corrected chi connectivity index (χ3v) is 2.86. The average molecular weight is 274 g/mol. The van der Waals surface area contributed by atoms with E-state index in [2.05, 4.69) is 5.16 Å². The molecule has 4 nitrogen and oxygen atoms in total. The Labute approximate surface area is 108 Å². The molecule has 1 aromatic carbocycles. The highest BCUT2D eigenvalue weighted by atomic mass is 19.4. The van der Waals surface area contributed by atoms with Gasteiger partial charge in [-0.3, -0.25) is 0 Å². The topological polar surface area (TPSA) is 45.1 Å². The van der Waals surface area contributed by atoms with Gasteiger partial charge in [0.15, 0.2) is 5.71 Å². The first kappa shape index (κ1) is 13.7. The van der Waals surface area contributed by atoms with Gasteiger partial charge in [-0.25, -0.2) is 0 Å². The summed E-state index contributed by atoms with van der Waals surface area (Å²) < 4.78 is 43.2. The zero-order chi connectivity index (χ0) is 13.9. The van der Waals surface area contributed by atoms with E-state index in [4.69, 9.17) is 9.94 Å². The van der Waals surface area contributed by atoms with Gasteiger partial charge in [-0.1, -0.05) is 17.3 Å². The lowest BCUT2D eigenvalue weighted by atomic mass is 10.1. The number of benzene rings is 1. The van der Waals surface area contributed by atoms with Crippen LogP contribution < -0.4 is 4.90 Å². The van der Waals surface area contributed by atoms with Crippen molar-refractivity contribution >= 4 is 11.4 Å². The Kier molecular flexibility index (Phi) is 3.94. The zero-order valence-corrected chi connectivity index (χ0v) is 10.0. The van der Waals surface area contributed by atoms with Crippen molar-refractivity contribution in [3.8, 4) is 0 Å². The Morgan fingerprint density at radius 1 is 1.26 bits per heavy atom. The summed E-state index contributed by atoms with van der Waals surface area (Å²) >= 11 is 0. The molecule has 2 rings (SSSR count). The Balaban J connectivity index is 2.28. The Hall–Kier alpha value is -1.76. The SMILES string of the molecule is ON=C(c1cccc(N2CCOCC2)c1)C(F)(F)F. The minimum atomic E-state index is -4.68. The van der Waals surface area contributed by atoms with Crippen LogP contribution in [0, 0.1) is 0 Å². The van der Waals surface area contributed by atoms with Gasteiger partial charge in [-0.15, -0.1) is 0 Å². The van der Waals surface area contributed by atoms with E-state index in [1.165, 1.54) is 18.2 Å². The van der Waals surface area contributed by atoms with Gasteiger partial charge in [0.05, 0.1) is 13.2 Å². The van der Waals surface area contributed by atoms with Crippen LogP contribution in [0.3, 0.4) is 0 Å². The van der Waals surface area contributed by atoms with Crippen LogP contribution in [0.4, 0.5) is 18.9 Å². The van der Waals surface area contributed by atoms with Gasteiger partial charge >= 0.3 is 6.18 Å². The van der Waals surface area contributed by atoms with Crippen molar-refractivity contribution in [1.29, 1.82) is 0 Å². The summed E-state index contributed by atoms with van der Waals surface area (Å²) in [6, 6.07) is 5.87. The van der Waals surface area contributed by atoms with Gasteiger partial charge in [-0.2, -0.15) is 13.2 Å². The zero-order valence-electron chi connectivity index (χ0n) is 10.0. The molecule has 1 saturated heterocycles. The predicted molar refractivity (Wildman–Crippen MR) is 63.9 cm³/mol. The smallest absolute Gasteiger partial charge is 0.410 e. The number of alkyl halides is 3. The molecule has 0 amide bonds. The molecule has 0 spiro atoms. The summed E-state index contributed by atoms with van der Waals surface area (Å²) in [5.41, 5.74) is -0.784. The lowest BCUT2D eigenvalue weighted by Gasteiger charge is -2.29. The first-order valence-corrected chi connectivity index (χ1v) is 5.75. The molecule has 0 bridgehead atoms. The monoisotopic (exact) mass is 274 g/mol. The molecular formula is C12H13F3N2O2. The lowest BCUT2D eigenvalue weighted by molar-refractivity contribution is -0.0601. The van der Waals surface area contributed by atoms with E-state index in [9.17, 15) is 13.2 Å². The maximum atomic E-state index is 12.7. The van der Waals surface area contributed by atoms with Crippen molar-refractivity contribution in [3.05, 3.63) is 29.8 Å². The molecule has 0 aliphatic carbocycles. The summed E-state index contributed by atoms with van der Waals surface area (Å²) in [6.45, 7) is 2.34. The van der Waals surface area contributed by atoms with E-state index in [1.807, 2.05) is 4.90 Å². The number of oxime groups is 1. The third-order valence-electron chi connectivity index (χ3n) is 2.86. The highest BCUT2D eigenvalue weighted by Gasteiger charge is 2.37. The molecule has 1 aromatic rings. The maximum Gasteiger partial charge on any atom is 0.437 e. The number of hydrogen-bond acceptors (Lipinski definition) is 4. The minimum absolute atomic E-state index is 0.154. The summed E-state index contributed by atoms with van der Waals surface area (Å²) in [6.07, 6.45) is -4.68. The van der Waals surface area contributed by atoms with Crippen LogP contribution in [0.15, 0.2) is 29.4 Å². The molecule has 1 aliphatic rings. The van der Waals surface area contributed by atoms with Gasteiger partial charge in [0.2, 0.25) is 0 Å². The molecule has 0 aromatic heterocycles. The van der Waals surface area contributed by atoms with Crippen LogP contribution in [0.5, 0.6) is 0 Å². The molecule has 19 heavy (non-hydrogen) atoms. The normalized spacial score (nSPS) is 17.6. The molecule has 0 saturated carbocycles. The van der Waals surface area contributed by atoms with E-state index in [-0.39, 0.29) is 5.56 Å². The van der Waals surface area contributed by atoms with Crippen molar-refractivity contribution < 1.29 is 23.1 Å². The van der Waals surface area contributed by atoms with Crippen LogP contribution in [-0.4, -0.2) is 43.4 Å². The molecular weight excluding hydrogens is 261 g/mol. The number of nitrogens with zero attached hydrogens (tertiary/aromatic N) is 2. The molecule has 0 unspecified atom stereocenters. The van der Waals surface area contributed by atoms with E-state index in [0.29, 0.717) is 32.0 Å². The largest absolute Gasteiger partial charge is 0.437 e. The minimum Gasteiger partial charge on any atom is -0.410 e. The summed E-state index contributed by atoms with van der Waals surface area (Å²) in [5.74, 6) is 0. The predicted octanol–water partition coefficient (Wildman–Crippen LogP) is 2.26. The van der Waals surface area contributed by atoms with Gasteiger partial charge in [0, 0.05) is 24.3 Å². The first-order valence-electron chi connectivity index (χ1n) is 5.75. The molecule has 1 aliphatic heterocycles. The summed E-state index contributed by atoms with van der Waals surface area (Å²) in [4.78, 5) is 1.93. The fraction of sp³-hybridized carbons (Fsp3) is 0.417. The van der Waals surface area contributed by atoms with E-state index in [0.717, 1.165) is 0 Å². The maximum absolute atomic E-state index is 12.7. The van der Waals surface area contributed by atoms with Crippen molar-refractivity contribution in [1.82, 2.24) is 0 Å². The van der Waals surface area contributed by atoms with Crippen LogP contribution in [0.1, 0.15) is 5.56 Å². The van der Waals surface area contributed by atoms with Crippen molar-refractivity contribution in [3.63, 3.8) is 0 Å². The number of morpholine rings is 1. The highest BCUT2D eigenvalue weighted by Crippen LogP contribution is 2.25. The molecule has 7 heteroatoms. The average Bonchev–Trinajstić information content (AvgIpc) is 2.39. The van der Waals surface area contributed by atoms with Crippen LogP contribution in [0.2, 0.25) is 0 Å². The quantitative estimate of drug-likeness (QED) is 0.511. The fourth-order valence-corrected chi connectivity index (χ4v) is 1.95. The van der Waals surface area contributed by atoms with Gasteiger partial charge < -0.3 is 14.8 Å². The van der Waals surface area contributed by atoms with Crippen LogP contribution in [0.25, 0.3) is 0 Å². The summed E-state index contributed by atoms with van der Waals surface area (Å²) in [5, 5.41) is 10.9. The number of hydrogen-bond donors (Lipinski definition) is 1. The lowest BCUT2D eigenvalue weighted by Crippen LogP contribution is -2.36. The van der Waals surface area contributed by atoms with E-state index >= 15 is 0 Å². The summed E-state index contributed by atoms with van der Waals surface area (Å²) in [7, 11) is 0. The fourth-order valence-electron chi connectivity index (χ4n) is 1.95. The van der Waals surface area contributed by atoms with Crippen LogP contribution in [-0.2, 0) is 4.74 Å². The molecule has 0 atom stereocenters. The van der Waals surface area contributed by atoms with Gasteiger partial charge in [0.1, 0.15) is 0 Å². The second-order valence-electron chi connectivity index (χ2n) is 4.10. The van der Waals surface area contributed by atoms with Gasteiger partial charge in [0.25, 0.3) is 0 Å².